The van der Waals surface area contributed by atoms with E-state index in [1.165, 1.54) is 30.3 Å². The number of benzene rings is 1. The average Bonchev–Trinajstić information content (AvgIpc) is 2.68. The summed E-state index contributed by atoms with van der Waals surface area (Å²) in [5.41, 5.74) is -1.83. The van der Waals surface area contributed by atoms with E-state index in [1.807, 2.05) is 0 Å². The van der Waals surface area contributed by atoms with Gasteiger partial charge in [0.1, 0.15) is 5.56 Å². The van der Waals surface area contributed by atoms with E-state index in [4.69, 9.17) is 4.74 Å². The SMILES string of the molecule is Cc1ccc(Oc2nnc(C(F)(F)F)c(C)c2C(=O)Nc2cccc(S(C)(=O)=O)c2)nn1. The lowest BCUT2D eigenvalue weighted by atomic mass is 10.1. The van der Waals surface area contributed by atoms with Crippen LogP contribution in [0.15, 0.2) is 41.3 Å². The molecule has 0 aliphatic heterocycles. The van der Waals surface area contributed by atoms with Gasteiger partial charge in [-0.3, -0.25) is 4.79 Å². The van der Waals surface area contributed by atoms with Crippen molar-refractivity contribution >= 4 is 21.4 Å². The fourth-order valence-electron chi connectivity index (χ4n) is 2.65. The summed E-state index contributed by atoms with van der Waals surface area (Å²) in [4.78, 5) is 12.8. The Morgan fingerprint density at radius 3 is 2.34 bits per heavy atom. The average molecular weight is 467 g/mol. The number of aryl methyl sites for hydroxylation is 1. The number of halogens is 3. The minimum absolute atomic E-state index is 0.0452. The molecule has 0 spiro atoms. The van der Waals surface area contributed by atoms with E-state index < -0.39 is 44.6 Å². The van der Waals surface area contributed by atoms with Gasteiger partial charge < -0.3 is 10.1 Å². The van der Waals surface area contributed by atoms with Gasteiger partial charge in [-0.1, -0.05) is 6.07 Å². The number of nitrogens with one attached hydrogen (secondary N) is 1. The molecule has 1 N–H and O–H groups in total. The van der Waals surface area contributed by atoms with Gasteiger partial charge in [0.2, 0.25) is 5.88 Å². The second kappa shape index (κ2) is 8.49. The Kier molecular flexibility index (Phi) is 6.12. The maximum absolute atomic E-state index is 13.3. The Morgan fingerprint density at radius 2 is 1.75 bits per heavy atom. The molecule has 168 valence electrons. The number of amides is 1. The molecule has 0 aliphatic rings. The zero-order chi connectivity index (χ0) is 23.7. The van der Waals surface area contributed by atoms with Crippen LogP contribution >= 0.6 is 0 Å². The van der Waals surface area contributed by atoms with Crippen LogP contribution < -0.4 is 10.1 Å². The molecule has 1 amide bonds. The van der Waals surface area contributed by atoms with Gasteiger partial charge in [-0.25, -0.2) is 8.42 Å². The van der Waals surface area contributed by atoms with E-state index in [9.17, 15) is 26.4 Å². The molecule has 0 atom stereocenters. The number of anilines is 1. The minimum Gasteiger partial charge on any atom is -0.417 e. The highest BCUT2D eigenvalue weighted by Crippen LogP contribution is 2.34. The maximum atomic E-state index is 13.3. The van der Waals surface area contributed by atoms with Crippen molar-refractivity contribution in [3.8, 4) is 11.8 Å². The lowest BCUT2D eigenvalue weighted by Crippen LogP contribution is -2.21. The van der Waals surface area contributed by atoms with E-state index in [2.05, 4.69) is 25.7 Å². The van der Waals surface area contributed by atoms with Gasteiger partial charge in [-0.05, 0) is 43.7 Å². The molecular weight excluding hydrogens is 451 g/mol. The van der Waals surface area contributed by atoms with Crippen LogP contribution in [-0.4, -0.2) is 41.0 Å². The highest BCUT2D eigenvalue weighted by atomic mass is 32.2. The molecule has 13 heteroatoms. The largest absolute Gasteiger partial charge is 0.435 e. The molecule has 2 heterocycles. The van der Waals surface area contributed by atoms with Crippen LogP contribution in [0.2, 0.25) is 0 Å². The monoisotopic (exact) mass is 467 g/mol. The molecule has 0 aliphatic carbocycles. The van der Waals surface area contributed by atoms with Crippen molar-refractivity contribution in [3.63, 3.8) is 0 Å². The first-order valence-corrected chi connectivity index (χ1v) is 10.8. The van der Waals surface area contributed by atoms with E-state index in [0.717, 1.165) is 13.2 Å². The number of nitrogens with zero attached hydrogens (tertiary/aromatic N) is 4. The number of aromatic nitrogens is 4. The molecular formula is C19H16F3N5O4S. The number of sulfone groups is 1. The fraction of sp³-hybridized carbons (Fsp3) is 0.211. The number of alkyl halides is 3. The summed E-state index contributed by atoms with van der Waals surface area (Å²) in [5.74, 6) is -1.65. The Bertz CT molecular complexity index is 1280. The van der Waals surface area contributed by atoms with E-state index in [-0.39, 0.29) is 16.5 Å². The molecule has 0 saturated carbocycles. The predicted molar refractivity (Wildman–Crippen MR) is 106 cm³/mol. The number of carbonyl (C=O) groups is 1. The van der Waals surface area contributed by atoms with Crippen LogP contribution in [0.5, 0.6) is 11.8 Å². The Balaban J connectivity index is 2.05. The van der Waals surface area contributed by atoms with Gasteiger partial charge in [0.05, 0.1) is 10.6 Å². The number of hydrogen-bond acceptors (Lipinski definition) is 8. The second-order valence-corrected chi connectivity index (χ2v) is 8.74. The normalized spacial score (nSPS) is 11.8. The number of ether oxygens (including phenoxy) is 1. The Morgan fingerprint density at radius 1 is 1.03 bits per heavy atom. The zero-order valence-corrected chi connectivity index (χ0v) is 17.7. The molecule has 9 nitrogen and oxygen atoms in total. The Labute approximate surface area is 180 Å². The third kappa shape index (κ3) is 5.17. The number of hydrogen-bond donors (Lipinski definition) is 1. The summed E-state index contributed by atoms with van der Waals surface area (Å²) in [6.07, 6.45) is -3.89. The van der Waals surface area contributed by atoms with Crippen molar-refractivity contribution in [1.29, 1.82) is 0 Å². The highest BCUT2D eigenvalue weighted by Gasteiger charge is 2.38. The second-order valence-electron chi connectivity index (χ2n) is 6.72. The van der Waals surface area contributed by atoms with E-state index in [1.54, 1.807) is 13.0 Å². The van der Waals surface area contributed by atoms with Crippen LogP contribution in [0.3, 0.4) is 0 Å². The summed E-state index contributed by atoms with van der Waals surface area (Å²) in [7, 11) is -3.57. The summed E-state index contributed by atoms with van der Waals surface area (Å²) >= 11 is 0. The minimum atomic E-state index is -4.87. The number of rotatable bonds is 5. The standard InChI is InChI=1S/C19H16F3N5O4S/c1-10-7-8-14(25-24-10)31-18-15(11(2)16(26-27-18)19(20,21)22)17(28)23-12-5-4-6-13(9-12)32(3,29)30/h4-9H,1-3H3,(H,23,28). The molecule has 2 aromatic heterocycles. The highest BCUT2D eigenvalue weighted by molar-refractivity contribution is 7.90. The summed E-state index contributed by atoms with van der Waals surface area (Å²) < 4.78 is 68.9. The first-order chi connectivity index (χ1) is 14.9. The molecule has 3 aromatic rings. The lowest BCUT2D eigenvalue weighted by molar-refractivity contribution is -0.142. The van der Waals surface area contributed by atoms with Crippen molar-refractivity contribution in [2.24, 2.45) is 0 Å². The zero-order valence-electron chi connectivity index (χ0n) is 16.9. The lowest BCUT2D eigenvalue weighted by Gasteiger charge is -2.15. The topological polar surface area (TPSA) is 124 Å². The molecule has 0 radical (unpaired) electrons. The predicted octanol–water partition coefficient (Wildman–Crippen LogP) is 3.35. The molecule has 0 fully saturated rings. The third-order valence-electron chi connectivity index (χ3n) is 4.18. The summed E-state index contributed by atoms with van der Waals surface area (Å²) in [6, 6.07) is 8.19. The van der Waals surface area contributed by atoms with Crippen LogP contribution in [0.25, 0.3) is 0 Å². The van der Waals surface area contributed by atoms with Gasteiger partial charge in [0.25, 0.3) is 11.8 Å². The third-order valence-corrected chi connectivity index (χ3v) is 5.29. The molecule has 1 aromatic carbocycles. The fourth-order valence-corrected chi connectivity index (χ4v) is 3.31. The first kappa shape index (κ1) is 23.1. The van der Waals surface area contributed by atoms with Crippen LogP contribution in [0, 0.1) is 13.8 Å². The maximum Gasteiger partial charge on any atom is 0.435 e. The van der Waals surface area contributed by atoms with Crippen molar-refractivity contribution in [2.75, 3.05) is 11.6 Å². The van der Waals surface area contributed by atoms with Crippen molar-refractivity contribution in [1.82, 2.24) is 20.4 Å². The summed E-state index contributed by atoms with van der Waals surface area (Å²) in [6.45, 7) is 2.72. The van der Waals surface area contributed by atoms with Crippen molar-refractivity contribution < 1.29 is 31.1 Å². The molecule has 0 bridgehead atoms. The molecule has 32 heavy (non-hydrogen) atoms. The molecule has 3 rings (SSSR count). The molecule has 0 unspecified atom stereocenters. The first-order valence-electron chi connectivity index (χ1n) is 8.90. The number of carbonyl (C=O) groups excluding carboxylic acids is 1. The Hall–Kier alpha value is -3.61. The molecule has 0 saturated heterocycles. The van der Waals surface area contributed by atoms with Crippen molar-refractivity contribution in [2.45, 2.75) is 24.9 Å². The van der Waals surface area contributed by atoms with Gasteiger partial charge in [0, 0.05) is 18.0 Å². The van der Waals surface area contributed by atoms with E-state index >= 15 is 0 Å². The van der Waals surface area contributed by atoms with Gasteiger partial charge >= 0.3 is 6.18 Å². The smallest absolute Gasteiger partial charge is 0.417 e. The summed E-state index contributed by atoms with van der Waals surface area (Å²) in [5, 5.41) is 16.5. The van der Waals surface area contributed by atoms with E-state index in [0.29, 0.717) is 5.69 Å². The van der Waals surface area contributed by atoms with Gasteiger partial charge in [-0.2, -0.15) is 18.3 Å². The quantitative estimate of drug-likeness (QED) is 0.606. The van der Waals surface area contributed by atoms with Crippen LogP contribution in [-0.2, 0) is 16.0 Å². The van der Waals surface area contributed by atoms with Crippen LogP contribution in [0.4, 0.5) is 18.9 Å². The van der Waals surface area contributed by atoms with Crippen molar-refractivity contribution in [3.05, 3.63) is 58.9 Å². The van der Waals surface area contributed by atoms with Crippen LogP contribution in [0.1, 0.15) is 27.3 Å². The van der Waals surface area contributed by atoms with Gasteiger partial charge in [-0.15, -0.1) is 15.3 Å². The van der Waals surface area contributed by atoms with Gasteiger partial charge in [0.15, 0.2) is 15.5 Å².